The Balaban J connectivity index is 1.81. The lowest BCUT2D eigenvalue weighted by Crippen LogP contribution is -2.44. The minimum Gasteiger partial charge on any atom is -0.496 e. The van der Waals surface area contributed by atoms with Crippen molar-refractivity contribution in [3.63, 3.8) is 0 Å². The molecule has 5 heteroatoms. The average molecular weight is 356 g/mol. The van der Waals surface area contributed by atoms with Gasteiger partial charge in [-0.3, -0.25) is 0 Å². The lowest BCUT2D eigenvalue weighted by molar-refractivity contribution is 0.175. The summed E-state index contributed by atoms with van der Waals surface area (Å²) in [6, 6.07) is 15.4. The highest BCUT2D eigenvalue weighted by molar-refractivity contribution is 5.74. The van der Waals surface area contributed by atoms with Crippen molar-refractivity contribution in [3.8, 4) is 11.5 Å². The topological polar surface area (TPSA) is 59.6 Å². The van der Waals surface area contributed by atoms with Crippen LogP contribution in [0.3, 0.4) is 0 Å². The van der Waals surface area contributed by atoms with E-state index in [1.807, 2.05) is 55.5 Å². The number of carbonyl (C=O) groups excluding carboxylic acids is 1. The first-order valence-electron chi connectivity index (χ1n) is 8.93. The fourth-order valence-electron chi connectivity index (χ4n) is 2.74. The summed E-state index contributed by atoms with van der Waals surface area (Å²) in [6.45, 7) is 6.56. The molecule has 5 nitrogen and oxygen atoms in total. The van der Waals surface area contributed by atoms with Crippen LogP contribution < -0.4 is 20.1 Å². The highest BCUT2D eigenvalue weighted by atomic mass is 16.5. The van der Waals surface area contributed by atoms with Gasteiger partial charge in [0, 0.05) is 6.54 Å². The molecule has 0 aliphatic carbocycles. The predicted molar refractivity (Wildman–Crippen MR) is 104 cm³/mol. The summed E-state index contributed by atoms with van der Waals surface area (Å²) >= 11 is 0. The molecule has 0 aromatic heterocycles. The summed E-state index contributed by atoms with van der Waals surface area (Å²) in [5.74, 6) is 1.98. The van der Waals surface area contributed by atoms with Gasteiger partial charge in [-0.1, -0.05) is 50.2 Å². The third-order valence-corrected chi connectivity index (χ3v) is 4.05. The van der Waals surface area contributed by atoms with E-state index in [1.165, 1.54) is 0 Å². The fraction of sp³-hybridized carbons (Fsp3) is 0.381. The first kappa shape index (κ1) is 19.6. The van der Waals surface area contributed by atoms with E-state index >= 15 is 0 Å². The van der Waals surface area contributed by atoms with E-state index in [2.05, 4.69) is 24.5 Å². The largest absolute Gasteiger partial charge is 0.496 e. The van der Waals surface area contributed by atoms with Crippen LogP contribution in [0.5, 0.6) is 11.5 Å². The second kappa shape index (κ2) is 9.70. The van der Waals surface area contributed by atoms with Crippen molar-refractivity contribution in [3.05, 3.63) is 59.7 Å². The number of urea groups is 1. The van der Waals surface area contributed by atoms with Crippen molar-refractivity contribution in [1.82, 2.24) is 10.6 Å². The third kappa shape index (κ3) is 5.69. The molecule has 2 N–H and O–H groups in total. The second-order valence-electron chi connectivity index (χ2n) is 6.41. The smallest absolute Gasteiger partial charge is 0.317 e. The molecule has 0 bridgehead atoms. The molecule has 0 aliphatic rings. The number of ether oxygens (including phenoxy) is 2. The van der Waals surface area contributed by atoms with E-state index in [-0.39, 0.29) is 6.03 Å². The summed E-state index contributed by atoms with van der Waals surface area (Å²) in [5.41, 5.74) is 2.18. The molecule has 2 aromatic rings. The Hall–Kier alpha value is -2.69. The van der Waals surface area contributed by atoms with E-state index in [0.29, 0.717) is 18.9 Å². The maximum Gasteiger partial charge on any atom is 0.317 e. The van der Waals surface area contributed by atoms with Crippen LogP contribution in [0.2, 0.25) is 0 Å². The van der Waals surface area contributed by atoms with Crippen molar-refractivity contribution in [2.24, 2.45) is 0 Å². The van der Waals surface area contributed by atoms with Crippen molar-refractivity contribution >= 4 is 6.03 Å². The van der Waals surface area contributed by atoms with Crippen LogP contribution in [0.4, 0.5) is 4.79 Å². The number of amides is 2. The van der Waals surface area contributed by atoms with Gasteiger partial charge >= 0.3 is 6.03 Å². The number of hydrogen-bond donors (Lipinski definition) is 2. The molecular weight excluding hydrogens is 328 g/mol. The van der Waals surface area contributed by atoms with Gasteiger partial charge in [0.15, 0.2) is 6.23 Å². The highest BCUT2D eigenvalue weighted by Crippen LogP contribution is 2.26. The molecule has 0 saturated carbocycles. The Bertz CT molecular complexity index is 716. The lowest BCUT2D eigenvalue weighted by Gasteiger charge is -2.20. The van der Waals surface area contributed by atoms with Gasteiger partial charge in [0.2, 0.25) is 0 Å². The van der Waals surface area contributed by atoms with Crippen molar-refractivity contribution in [2.75, 3.05) is 13.7 Å². The van der Waals surface area contributed by atoms with Crippen LogP contribution in [-0.4, -0.2) is 25.9 Å². The molecule has 2 aromatic carbocycles. The zero-order valence-electron chi connectivity index (χ0n) is 15.9. The fourth-order valence-corrected chi connectivity index (χ4v) is 2.74. The van der Waals surface area contributed by atoms with E-state index in [0.717, 1.165) is 22.6 Å². The number of methoxy groups -OCH3 is 1. The minimum atomic E-state index is -0.429. The second-order valence-corrected chi connectivity index (χ2v) is 6.41. The Morgan fingerprint density at radius 3 is 2.35 bits per heavy atom. The standard InChI is InChI=1S/C21H28N2O3/c1-15(2)18-10-6-8-12-20(18)26-16(3)23-21(24)22-14-13-17-9-5-7-11-19(17)25-4/h5-12,15-16H,13-14H2,1-4H3,(H2,22,23,24). The number of para-hydroxylation sites is 2. The Morgan fingerprint density at radius 2 is 1.65 bits per heavy atom. The van der Waals surface area contributed by atoms with Crippen LogP contribution in [0.1, 0.15) is 37.8 Å². The van der Waals surface area contributed by atoms with Gasteiger partial charge in [-0.2, -0.15) is 0 Å². The third-order valence-electron chi connectivity index (χ3n) is 4.05. The average Bonchev–Trinajstić information content (AvgIpc) is 2.62. The van der Waals surface area contributed by atoms with Crippen molar-refractivity contribution in [1.29, 1.82) is 0 Å². The normalized spacial score (nSPS) is 11.7. The van der Waals surface area contributed by atoms with Crippen molar-refractivity contribution < 1.29 is 14.3 Å². The van der Waals surface area contributed by atoms with Crippen LogP contribution in [0.25, 0.3) is 0 Å². The Kier molecular flexibility index (Phi) is 7.33. The van der Waals surface area contributed by atoms with E-state index in [4.69, 9.17) is 9.47 Å². The zero-order chi connectivity index (χ0) is 18.9. The summed E-state index contributed by atoms with van der Waals surface area (Å²) < 4.78 is 11.2. The molecule has 0 aliphatic heterocycles. The molecule has 2 rings (SSSR count). The molecular formula is C21H28N2O3. The summed E-state index contributed by atoms with van der Waals surface area (Å²) in [4.78, 5) is 12.1. The van der Waals surface area contributed by atoms with Crippen LogP contribution in [-0.2, 0) is 6.42 Å². The van der Waals surface area contributed by atoms with Gasteiger partial charge in [-0.25, -0.2) is 4.79 Å². The quantitative estimate of drug-likeness (QED) is 0.701. The monoisotopic (exact) mass is 356 g/mol. The van der Waals surface area contributed by atoms with Gasteiger partial charge in [-0.15, -0.1) is 0 Å². The van der Waals surface area contributed by atoms with E-state index < -0.39 is 6.23 Å². The predicted octanol–water partition coefficient (Wildman–Crippen LogP) is 4.09. The van der Waals surface area contributed by atoms with Crippen LogP contribution >= 0.6 is 0 Å². The molecule has 0 radical (unpaired) electrons. The molecule has 1 unspecified atom stereocenters. The number of carbonyl (C=O) groups is 1. The number of rotatable bonds is 8. The summed E-state index contributed by atoms with van der Waals surface area (Å²) in [6.07, 6.45) is 0.268. The van der Waals surface area contributed by atoms with Gasteiger partial charge in [0.1, 0.15) is 11.5 Å². The highest BCUT2D eigenvalue weighted by Gasteiger charge is 2.12. The summed E-state index contributed by atoms with van der Waals surface area (Å²) in [5, 5.41) is 5.66. The van der Waals surface area contributed by atoms with Gasteiger partial charge < -0.3 is 20.1 Å². The van der Waals surface area contributed by atoms with Crippen molar-refractivity contribution in [2.45, 2.75) is 39.3 Å². The molecule has 0 spiro atoms. The Morgan fingerprint density at radius 1 is 1.00 bits per heavy atom. The van der Waals surface area contributed by atoms with Gasteiger partial charge in [0.25, 0.3) is 0 Å². The molecule has 26 heavy (non-hydrogen) atoms. The lowest BCUT2D eigenvalue weighted by atomic mass is 10.0. The number of benzene rings is 2. The van der Waals surface area contributed by atoms with E-state index in [1.54, 1.807) is 7.11 Å². The van der Waals surface area contributed by atoms with Gasteiger partial charge in [0.05, 0.1) is 7.11 Å². The molecule has 140 valence electrons. The Labute approximate surface area is 155 Å². The first-order chi connectivity index (χ1) is 12.5. The minimum absolute atomic E-state index is 0.255. The molecule has 0 saturated heterocycles. The maximum atomic E-state index is 12.1. The number of hydrogen-bond acceptors (Lipinski definition) is 3. The number of nitrogens with one attached hydrogen (secondary N) is 2. The maximum absolute atomic E-state index is 12.1. The zero-order valence-corrected chi connectivity index (χ0v) is 15.9. The van der Waals surface area contributed by atoms with Crippen LogP contribution in [0, 0.1) is 0 Å². The van der Waals surface area contributed by atoms with E-state index in [9.17, 15) is 4.79 Å². The SMILES string of the molecule is COc1ccccc1CCNC(=O)NC(C)Oc1ccccc1C(C)C. The van der Waals surface area contributed by atoms with Crippen LogP contribution in [0.15, 0.2) is 48.5 Å². The summed E-state index contributed by atoms with van der Waals surface area (Å²) in [7, 11) is 1.65. The van der Waals surface area contributed by atoms with Gasteiger partial charge in [-0.05, 0) is 42.5 Å². The molecule has 0 heterocycles. The molecule has 1 atom stereocenters. The first-order valence-corrected chi connectivity index (χ1v) is 8.93. The molecule has 2 amide bonds. The molecule has 0 fully saturated rings.